The number of aromatic nitrogens is 2. The average molecular weight is 557 g/mol. The van der Waals surface area contributed by atoms with Crippen LogP contribution in [-0.2, 0) is 25.6 Å². The van der Waals surface area contributed by atoms with Crippen molar-refractivity contribution in [3.63, 3.8) is 0 Å². The lowest BCUT2D eigenvalue weighted by atomic mass is 9.98. The number of anilines is 1. The van der Waals surface area contributed by atoms with E-state index in [1.807, 2.05) is 0 Å². The molecule has 2 amide bonds. The highest BCUT2D eigenvalue weighted by molar-refractivity contribution is 8.00. The maximum Gasteiger partial charge on any atom is 0.276 e. The molecule has 0 bridgehead atoms. The molecule has 38 heavy (non-hydrogen) atoms. The van der Waals surface area contributed by atoms with E-state index in [4.69, 9.17) is 10.6 Å². The number of nitrogens with two attached hydrogens (primary N) is 1. The van der Waals surface area contributed by atoms with E-state index in [-0.39, 0.29) is 45.9 Å². The molecule has 2 atom stereocenters. The molecule has 15 heteroatoms. The number of nitrogens with zero attached hydrogens (tertiary/aromatic N) is 3. The molecule has 0 aliphatic carbocycles. The number of H-pyrrole nitrogens is 1. The zero-order valence-corrected chi connectivity index (χ0v) is 21.3. The summed E-state index contributed by atoms with van der Waals surface area (Å²) in [6.07, 6.45) is 1.74. The number of phenols is 2. The molecule has 0 saturated carbocycles. The lowest BCUT2D eigenvalue weighted by Gasteiger charge is -2.50. The summed E-state index contributed by atoms with van der Waals surface area (Å²) >= 11 is 2.39. The monoisotopic (exact) mass is 556 g/mol. The number of aromatic hydroxyl groups is 2. The number of benzene rings is 1. The third-order valence-corrected chi connectivity index (χ3v) is 8.09. The third-order valence-electron chi connectivity index (χ3n) is 6.07. The maximum atomic E-state index is 13.1. The first kappa shape index (κ1) is 25.3. The van der Waals surface area contributed by atoms with Gasteiger partial charge in [0.2, 0.25) is 0 Å². The maximum absolute atomic E-state index is 13.1. The number of hydrogen-bond donors (Lipinski definition) is 4. The van der Waals surface area contributed by atoms with Crippen molar-refractivity contribution in [2.24, 2.45) is 5.16 Å². The van der Waals surface area contributed by atoms with Crippen molar-refractivity contribution in [1.82, 2.24) is 15.2 Å². The van der Waals surface area contributed by atoms with Crippen LogP contribution in [0.1, 0.15) is 11.4 Å². The number of aliphatic carboxylic acids is 1. The molecule has 196 valence electrons. The number of phenolic OH excluding ortho intramolecular Hbond substituents is 2. The molecule has 0 spiro atoms. The van der Waals surface area contributed by atoms with Gasteiger partial charge in [0.05, 0.1) is 23.5 Å². The number of oxime groups is 1. The Balaban J connectivity index is 1.40. The molecular formula is C23H20N6O7S2. The molecule has 2 aromatic heterocycles. The van der Waals surface area contributed by atoms with Gasteiger partial charge >= 0.3 is 0 Å². The van der Waals surface area contributed by atoms with Gasteiger partial charge in [0.1, 0.15) is 24.2 Å². The van der Waals surface area contributed by atoms with Crippen molar-refractivity contribution in [2.75, 3.05) is 18.6 Å². The van der Waals surface area contributed by atoms with E-state index < -0.39 is 29.2 Å². The number of carbonyl (C=O) groups excluding carboxylic acids is 3. The summed E-state index contributed by atoms with van der Waals surface area (Å²) in [5, 5.41) is 40.5. The van der Waals surface area contributed by atoms with E-state index in [1.165, 1.54) is 36.4 Å². The van der Waals surface area contributed by atoms with E-state index in [0.29, 0.717) is 22.0 Å². The Hall–Kier alpha value is -4.37. The molecule has 1 fully saturated rings. The van der Waals surface area contributed by atoms with E-state index >= 15 is 0 Å². The fraction of sp³-hybridized carbons (Fsp3) is 0.217. The predicted octanol–water partition coefficient (Wildman–Crippen LogP) is -0.899. The number of thioether (sulfide) groups is 1. The minimum atomic E-state index is -1.52. The molecule has 1 saturated heterocycles. The van der Waals surface area contributed by atoms with Crippen LogP contribution in [-0.4, -0.2) is 67.9 Å². The van der Waals surface area contributed by atoms with Crippen molar-refractivity contribution < 1.29 is 39.5 Å². The fourth-order valence-electron chi connectivity index (χ4n) is 4.37. The van der Waals surface area contributed by atoms with Crippen LogP contribution in [0.15, 0.2) is 46.2 Å². The lowest BCUT2D eigenvalue weighted by Crippen LogP contribution is -2.71. The van der Waals surface area contributed by atoms with Crippen molar-refractivity contribution in [3.8, 4) is 11.5 Å². The quantitative estimate of drug-likeness (QED) is 0.122. The SMILES string of the molecule is CO/N=C(\C(=O)NC1C(=O)N2C(C(=O)[O-])=C(Cc3[nH+]ccc4cc(O)c(O)cc34)CS[C@H]12)c1csc(N)n1. The van der Waals surface area contributed by atoms with Crippen molar-refractivity contribution in [3.05, 3.63) is 52.4 Å². The second kappa shape index (κ2) is 9.83. The zero-order chi connectivity index (χ0) is 27.1. The number of nitrogens with one attached hydrogen (secondary N) is 2. The number of thiazole rings is 1. The number of carboxylic acids is 1. The van der Waals surface area contributed by atoms with Gasteiger partial charge in [-0.25, -0.2) is 9.97 Å². The Morgan fingerprint density at radius 3 is 2.82 bits per heavy atom. The highest BCUT2D eigenvalue weighted by atomic mass is 32.2. The molecule has 4 heterocycles. The van der Waals surface area contributed by atoms with Gasteiger partial charge < -0.3 is 36.0 Å². The fourth-order valence-corrected chi connectivity index (χ4v) is 6.26. The van der Waals surface area contributed by atoms with Crippen molar-refractivity contribution in [2.45, 2.75) is 17.8 Å². The zero-order valence-electron chi connectivity index (χ0n) is 19.6. The Labute approximate surface area is 222 Å². The predicted molar refractivity (Wildman–Crippen MR) is 135 cm³/mol. The first-order chi connectivity index (χ1) is 18.2. The van der Waals surface area contributed by atoms with Crippen molar-refractivity contribution in [1.29, 1.82) is 0 Å². The second-order valence-corrected chi connectivity index (χ2v) is 10.3. The lowest BCUT2D eigenvalue weighted by molar-refractivity contribution is -0.387. The van der Waals surface area contributed by atoms with Crippen molar-refractivity contribution >= 4 is 62.5 Å². The van der Waals surface area contributed by atoms with E-state index in [0.717, 1.165) is 16.2 Å². The standard InChI is InChI=1S/C23H20N6O7S2/c1-36-28-16(13-8-38-23(24)26-13)19(32)27-17-20(33)29-18(22(34)35)10(7-37-21(17)29)4-12-11-6-15(31)14(30)5-9(11)2-3-25-12/h2-3,5-6,8,17,21,30-31H,4,7H2,1H3,(H2,24,26)(H,27,32)(H,34,35)/b28-16-/t17?,21-/m1/s1. The minimum absolute atomic E-state index is 0.112. The molecule has 2 aliphatic heterocycles. The number of rotatable bonds is 7. The Morgan fingerprint density at radius 2 is 2.13 bits per heavy atom. The minimum Gasteiger partial charge on any atom is -0.543 e. The first-order valence-corrected chi connectivity index (χ1v) is 13.0. The summed E-state index contributed by atoms with van der Waals surface area (Å²) in [6, 6.07) is 3.47. The van der Waals surface area contributed by atoms with E-state index in [9.17, 15) is 29.7 Å². The number of pyridine rings is 1. The number of amides is 2. The average Bonchev–Trinajstić information content (AvgIpc) is 3.32. The van der Waals surface area contributed by atoms with Crippen LogP contribution in [0.3, 0.4) is 0 Å². The van der Waals surface area contributed by atoms with Gasteiger partial charge in [0.15, 0.2) is 34.2 Å². The third kappa shape index (κ3) is 4.35. The van der Waals surface area contributed by atoms with Gasteiger partial charge in [-0.05, 0) is 23.1 Å². The van der Waals surface area contributed by atoms with Crippen LogP contribution in [0.2, 0.25) is 0 Å². The second-order valence-electron chi connectivity index (χ2n) is 8.36. The summed E-state index contributed by atoms with van der Waals surface area (Å²) in [4.78, 5) is 51.0. The topological polar surface area (TPSA) is 205 Å². The number of β-lactam (4-membered cyclic amide) rings is 1. The van der Waals surface area contributed by atoms with Gasteiger partial charge in [-0.3, -0.25) is 14.5 Å². The summed E-state index contributed by atoms with van der Waals surface area (Å²) in [5.74, 6) is -3.24. The smallest absolute Gasteiger partial charge is 0.276 e. The summed E-state index contributed by atoms with van der Waals surface area (Å²) < 4.78 is 0. The van der Waals surface area contributed by atoms with Crippen LogP contribution in [0.25, 0.3) is 10.8 Å². The number of carboxylic acid groups (broad SMARTS) is 1. The molecule has 1 unspecified atom stereocenters. The highest BCUT2D eigenvalue weighted by Gasteiger charge is 2.53. The normalized spacial score (nSPS) is 19.2. The molecular weight excluding hydrogens is 536 g/mol. The van der Waals surface area contributed by atoms with E-state index in [1.54, 1.807) is 12.3 Å². The van der Waals surface area contributed by atoms with Crippen LogP contribution in [0, 0.1) is 0 Å². The first-order valence-electron chi connectivity index (χ1n) is 11.1. The number of hydrogen-bond acceptors (Lipinski definition) is 12. The largest absolute Gasteiger partial charge is 0.543 e. The number of nitrogen functional groups attached to an aromatic ring is 1. The van der Waals surface area contributed by atoms with Gasteiger partial charge in [0, 0.05) is 17.2 Å². The van der Waals surface area contributed by atoms with Crippen LogP contribution in [0.4, 0.5) is 5.13 Å². The molecule has 3 aromatic rings. The number of aromatic amines is 1. The summed E-state index contributed by atoms with van der Waals surface area (Å²) in [5.41, 5.74) is 6.36. The Morgan fingerprint density at radius 1 is 1.37 bits per heavy atom. The number of fused-ring (bicyclic) bond motifs is 2. The van der Waals surface area contributed by atoms with Gasteiger partial charge in [0.25, 0.3) is 11.8 Å². The molecule has 5 rings (SSSR count). The van der Waals surface area contributed by atoms with Crippen LogP contribution in [0.5, 0.6) is 11.5 Å². The molecule has 6 N–H and O–H groups in total. The molecule has 1 aromatic carbocycles. The molecule has 13 nitrogen and oxygen atoms in total. The molecule has 0 radical (unpaired) electrons. The number of carbonyl (C=O) groups is 3. The summed E-state index contributed by atoms with van der Waals surface area (Å²) in [7, 11) is 1.26. The van der Waals surface area contributed by atoms with E-state index in [2.05, 4.69) is 20.4 Å². The van der Waals surface area contributed by atoms with Crippen LogP contribution < -0.4 is 21.1 Å². The Kier molecular flexibility index (Phi) is 6.54. The van der Waals surface area contributed by atoms with Gasteiger partial charge in [-0.15, -0.1) is 23.1 Å². The van der Waals surface area contributed by atoms with Gasteiger partial charge in [-0.1, -0.05) is 5.16 Å². The van der Waals surface area contributed by atoms with Crippen LogP contribution >= 0.6 is 23.1 Å². The van der Waals surface area contributed by atoms with Gasteiger partial charge in [-0.2, -0.15) is 0 Å². The summed E-state index contributed by atoms with van der Waals surface area (Å²) in [6.45, 7) is 0. The Bertz CT molecular complexity index is 1550. The molecule has 2 aliphatic rings. The highest BCUT2D eigenvalue weighted by Crippen LogP contribution is 2.41.